The molecule has 0 saturated carbocycles. The first-order valence-electron chi connectivity index (χ1n) is 8.29. The van der Waals surface area contributed by atoms with E-state index in [9.17, 15) is 26.0 Å². The maximum atomic E-state index is 13.2. The first-order valence-corrected chi connectivity index (χ1v) is 11.2. The highest BCUT2D eigenvalue weighted by Crippen LogP contribution is 2.25. The van der Waals surface area contributed by atoms with Crippen LogP contribution in [0.5, 0.6) is 0 Å². The smallest absolute Gasteiger partial charge is 0.290 e. The molecular formula is C20H15FO6S2. The van der Waals surface area contributed by atoms with Crippen LogP contribution in [0, 0.1) is 5.82 Å². The molecule has 0 aliphatic carbocycles. The molecule has 0 amide bonds. The summed E-state index contributed by atoms with van der Waals surface area (Å²) in [6, 6.07) is 17.8. The number of rotatable bonds is 7. The van der Waals surface area contributed by atoms with Crippen molar-refractivity contribution in [1.29, 1.82) is 0 Å². The first kappa shape index (κ1) is 20.8. The molecule has 3 aromatic carbocycles. The fourth-order valence-corrected chi connectivity index (χ4v) is 5.32. The zero-order valence-electron chi connectivity index (χ0n) is 14.8. The molecule has 0 spiro atoms. The molecule has 0 aliphatic rings. The largest absolute Gasteiger partial charge is 0.298 e. The van der Waals surface area contributed by atoms with Crippen LogP contribution in [0.1, 0.15) is 10.4 Å². The number of halogens is 1. The van der Waals surface area contributed by atoms with Crippen molar-refractivity contribution in [3.8, 4) is 0 Å². The third-order valence-electron chi connectivity index (χ3n) is 3.94. The van der Waals surface area contributed by atoms with E-state index in [0.29, 0.717) is 0 Å². The molecule has 0 saturated heterocycles. The molecule has 6 nitrogen and oxygen atoms in total. The van der Waals surface area contributed by atoms with Gasteiger partial charge in [-0.2, -0.15) is 8.42 Å². The van der Waals surface area contributed by atoms with E-state index in [-0.39, 0.29) is 15.4 Å². The minimum absolute atomic E-state index is 0.209. The Hall–Kier alpha value is -2.88. The zero-order chi connectivity index (χ0) is 21.1. The van der Waals surface area contributed by atoms with Crippen LogP contribution in [-0.2, 0) is 24.1 Å². The quantitative estimate of drug-likeness (QED) is 0.419. The van der Waals surface area contributed by atoms with Gasteiger partial charge in [0.1, 0.15) is 5.82 Å². The number of hydrogen-bond acceptors (Lipinski definition) is 6. The Labute approximate surface area is 167 Å². The predicted molar refractivity (Wildman–Crippen MR) is 103 cm³/mol. The molecule has 0 bridgehead atoms. The van der Waals surface area contributed by atoms with Crippen molar-refractivity contribution in [2.75, 3.05) is 0 Å². The van der Waals surface area contributed by atoms with Crippen molar-refractivity contribution in [3.05, 3.63) is 96.3 Å². The monoisotopic (exact) mass is 434 g/mol. The average Bonchev–Trinajstić information content (AvgIpc) is 2.73. The standard InChI is InChI=1S/C20H15FO6S2/c21-16-13-11-15(12-14-16)19(22)20(28(23,24)17-7-3-1-4-8-17)27-29(25,26)18-9-5-2-6-10-18/h1-14,20H. The fourth-order valence-electron chi connectivity index (χ4n) is 2.48. The summed E-state index contributed by atoms with van der Waals surface area (Å²) in [5, 5.41) is 0. The molecule has 0 N–H and O–H groups in total. The Morgan fingerprint density at radius 2 is 1.21 bits per heavy atom. The van der Waals surface area contributed by atoms with Crippen LogP contribution in [0.15, 0.2) is 94.7 Å². The summed E-state index contributed by atoms with van der Waals surface area (Å²) in [4.78, 5) is 12.3. The van der Waals surface area contributed by atoms with E-state index < -0.39 is 37.0 Å². The molecule has 0 aromatic heterocycles. The lowest BCUT2D eigenvalue weighted by Crippen LogP contribution is -2.35. The number of benzene rings is 3. The number of Topliss-reactive ketones (excluding diaryl/α,β-unsaturated/α-hetero) is 1. The first-order chi connectivity index (χ1) is 13.7. The number of hydrogen-bond donors (Lipinski definition) is 0. The molecule has 1 unspecified atom stereocenters. The number of sulfone groups is 1. The van der Waals surface area contributed by atoms with Gasteiger partial charge in [-0.05, 0) is 48.5 Å². The Morgan fingerprint density at radius 1 is 0.724 bits per heavy atom. The lowest BCUT2D eigenvalue weighted by Gasteiger charge is -2.17. The lowest BCUT2D eigenvalue weighted by atomic mass is 10.1. The maximum Gasteiger partial charge on any atom is 0.298 e. The Kier molecular flexibility index (Phi) is 5.92. The van der Waals surface area contributed by atoms with Crippen molar-refractivity contribution in [2.45, 2.75) is 15.2 Å². The molecule has 3 aromatic rings. The van der Waals surface area contributed by atoms with Gasteiger partial charge in [-0.25, -0.2) is 17.0 Å². The zero-order valence-corrected chi connectivity index (χ0v) is 16.4. The molecule has 150 valence electrons. The van der Waals surface area contributed by atoms with Crippen molar-refractivity contribution in [2.24, 2.45) is 0 Å². The maximum absolute atomic E-state index is 13.2. The summed E-state index contributed by atoms with van der Waals surface area (Å²) in [6.07, 6.45) is 0. The van der Waals surface area contributed by atoms with Crippen molar-refractivity contribution < 1.29 is 30.2 Å². The van der Waals surface area contributed by atoms with Crippen LogP contribution in [0.25, 0.3) is 0 Å². The average molecular weight is 434 g/mol. The molecule has 1 atom stereocenters. The summed E-state index contributed by atoms with van der Waals surface area (Å²) >= 11 is 0. The number of ketones is 1. The molecule has 9 heteroatoms. The predicted octanol–water partition coefficient (Wildman–Crippen LogP) is 3.21. The second-order valence-corrected chi connectivity index (χ2v) is 9.49. The van der Waals surface area contributed by atoms with Gasteiger partial charge in [-0.15, -0.1) is 0 Å². The highest BCUT2D eigenvalue weighted by atomic mass is 32.2. The minimum atomic E-state index is -4.59. The van der Waals surface area contributed by atoms with E-state index in [1.165, 1.54) is 48.5 Å². The van der Waals surface area contributed by atoms with Gasteiger partial charge in [0, 0.05) is 5.56 Å². The molecule has 29 heavy (non-hydrogen) atoms. The van der Waals surface area contributed by atoms with E-state index in [1.807, 2.05) is 0 Å². The summed E-state index contributed by atoms with van der Waals surface area (Å²) in [6.45, 7) is 0. The molecule has 3 rings (SSSR count). The van der Waals surface area contributed by atoms with Crippen LogP contribution < -0.4 is 0 Å². The molecule has 0 radical (unpaired) electrons. The summed E-state index contributed by atoms with van der Waals surface area (Å²) in [7, 11) is -9.13. The van der Waals surface area contributed by atoms with Gasteiger partial charge in [0.05, 0.1) is 9.79 Å². The van der Waals surface area contributed by atoms with Crippen molar-refractivity contribution in [3.63, 3.8) is 0 Å². The van der Waals surface area contributed by atoms with Gasteiger partial charge in [-0.1, -0.05) is 36.4 Å². The highest BCUT2D eigenvalue weighted by Gasteiger charge is 2.40. The Morgan fingerprint density at radius 3 is 1.72 bits per heavy atom. The minimum Gasteiger partial charge on any atom is -0.290 e. The normalized spacial score (nSPS) is 13.0. The van der Waals surface area contributed by atoms with E-state index in [4.69, 9.17) is 4.18 Å². The molecule has 0 heterocycles. The molecule has 0 aliphatic heterocycles. The van der Waals surface area contributed by atoms with Gasteiger partial charge in [0.15, 0.2) is 0 Å². The number of carbonyl (C=O) groups excluding carboxylic acids is 1. The second kappa shape index (κ2) is 8.24. The van der Waals surface area contributed by atoms with Gasteiger partial charge in [0.2, 0.25) is 21.1 Å². The van der Waals surface area contributed by atoms with Gasteiger partial charge in [0.25, 0.3) is 10.1 Å². The van der Waals surface area contributed by atoms with Crippen LogP contribution in [0.3, 0.4) is 0 Å². The van der Waals surface area contributed by atoms with Crippen LogP contribution >= 0.6 is 0 Å². The van der Waals surface area contributed by atoms with Crippen LogP contribution in [-0.4, -0.2) is 28.1 Å². The lowest BCUT2D eigenvalue weighted by molar-refractivity contribution is 0.0887. The van der Waals surface area contributed by atoms with Gasteiger partial charge < -0.3 is 0 Å². The SMILES string of the molecule is O=C(c1ccc(F)cc1)C(OS(=O)(=O)c1ccccc1)S(=O)(=O)c1ccccc1. The van der Waals surface area contributed by atoms with E-state index in [0.717, 1.165) is 24.3 Å². The van der Waals surface area contributed by atoms with Crippen molar-refractivity contribution >= 4 is 25.7 Å². The summed E-state index contributed by atoms with van der Waals surface area (Å²) in [5.74, 6) is -1.77. The Bertz CT molecular complexity index is 1210. The van der Waals surface area contributed by atoms with E-state index in [2.05, 4.69) is 0 Å². The molecule has 0 fully saturated rings. The van der Waals surface area contributed by atoms with E-state index >= 15 is 0 Å². The second-order valence-electron chi connectivity index (χ2n) is 5.92. The summed E-state index contributed by atoms with van der Waals surface area (Å²) < 4.78 is 69.4. The fraction of sp³-hybridized carbons (Fsp3) is 0.0500. The third-order valence-corrected chi connectivity index (χ3v) is 7.16. The highest BCUT2D eigenvalue weighted by molar-refractivity contribution is 7.94. The summed E-state index contributed by atoms with van der Waals surface area (Å²) in [5.41, 5.74) is -2.58. The Balaban J connectivity index is 2.09. The third kappa shape index (κ3) is 4.58. The van der Waals surface area contributed by atoms with Gasteiger partial charge >= 0.3 is 0 Å². The number of carbonyl (C=O) groups is 1. The van der Waals surface area contributed by atoms with Gasteiger partial charge in [-0.3, -0.25) is 4.79 Å². The molecular weight excluding hydrogens is 419 g/mol. The van der Waals surface area contributed by atoms with Crippen LogP contribution in [0.2, 0.25) is 0 Å². The van der Waals surface area contributed by atoms with Crippen molar-refractivity contribution in [1.82, 2.24) is 0 Å². The topological polar surface area (TPSA) is 94.6 Å². The van der Waals surface area contributed by atoms with E-state index in [1.54, 1.807) is 12.1 Å². The van der Waals surface area contributed by atoms with Crippen LogP contribution in [0.4, 0.5) is 4.39 Å².